The second-order valence-corrected chi connectivity index (χ2v) is 8.39. The van der Waals surface area contributed by atoms with Crippen LogP contribution >= 0.6 is 0 Å². The van der Waals surface area contributed by atoms with E-state index in [-0.39, 0.29) is 2.69 Å². The van der Waals surface area contributed by atoms with Gasteiger partial charge in [0.1, 0.15) is 0 Å². The Labute approximate surface area is 71.1 Å². The average Bonchev–Trinajstić information content (AvgIpc) is 1.88. The average molecular weight is 324 g/mol. The Kier molecular flexibility index (Phi) is 2.80. The molecule has 0 amide bonds. The summed E-state index contributed by atoms with van der Waals surface area (Å²) in [6.45, 7) is 0. The molecule has 0 unspecified atom stereocenters. The molecule has 1 rings (SSSR count). The van der Waals surface area contributed by atoms with E-state index in [2.05, 4.69) is 0 Å². The van der Waals surface area contributed by atoms with E-state index < -0.39 is 24.9 Å². The zero-order chi connectivity index (χ0) is 7.40. The molecule has 0 saturated carbocycles. The summed E-state index contributed by atoms with van der Waals surface area (Å²) in [7, 11) is 0. The summed E-state index contributed by atoms with van der Waals surface area (Å²) in [4.78, 5) is 10.1. The van der Waals surface area contributed by atoms with E-state index in [4.69, 9.17) is 0 Å². The molecule has 48 valence electrons. The summed E-state index contributed by atoms with van der Waals surface area (Å²) in [5.41, 5.74) is 0. The third-order valence-electron chi connectivity index (χ3n) is 1.15. The fraction of sp³-hybridized carbons (Fsp3) is 0. The van der Waals surface area contributed by atoms with Crippen molar-refractivity contribution in [3.05, 3.63) is 40.4 Å². The zero-order valence-corrected chi connectivity index (χ0v) is 10.9. The Morgan fingerprint density at radius 3 is 2.40 bits per heavy atom. The Bertz CT molecular complexity index is 224. The van der Waals surface area contributed by atoms with Crippen LogP contribution in [-0.4, -0.2) is 2.69 Å². The van der Waals surface area contributed by atoms with Crippen molar-refractivity contribution in [2.45, 2.75) is 0 Å². The second-order valence-electron chi connectivity index (χ2n) is 1.98. The fourth-order valence-electron chi connectivity index (χ4n) is 0.732. The van der Waals surface area contributed by atoms with Gasteiger partial charge in [-0.3, -0.25) is 0 Å². The first-order valence-corrected chi connectivity index (χ1v) is 8.15. The first kappa shape index (κ1) is 7.66. The van der Waals surface area contributed by atoms with Crippen LogP contribution in [0.25, 0.3) is 0 Å². The van der Waals surface area contributed by atoms with E-state index in [1.807, 2.05) is 30.3 Å². The molecule has 0 atom stereocenters. The number of hydrogen-bond donors (Lipinski definition) is 0. The van der Waals surface area contributed by atoms with Crippen molar-refractivity contribution in [3.8, 4) is 0 Å². The quantitative estimate of drug-likeness (QED) is 0.454. The third kappa shape index (κ3) is 2.43. The minimum absolute atomic E-state index is 0.116. The van der Waals surface area contributed by atoms with Crippen molar-refractivity contribution in [3.63, 3.8) is 0 Å². The summed E-state index contributed by atoms with van der Waals surface area (Å²) >= 11 is -1.96. The van der Waals surface area contributed by atoms with Crippen molar-refractivity contribution < 1.29 is 27.6 Å². The maximum absolute atomic E-state index is 10.1. The van der Waals surface area contributed by atoms with Gasteiger partial charge >= 0.3 is 71.1 Å². The van der Waals surface area contributed by atoms with Crippen LogP contribution in [0.1, 0.15) is 0 Å². The van der Waals surface area contributed by atoms with E-state index in [0.717, 1.165) is 3.07 Å². The van der Waals surface area contributed by atoms with Gasteiger partial charge in [0.25, 0.3) is 0 Å². The Balaban J connectivity index is 2.67. The molecule has 0 aliphatic heterocycles. The molecule has 0 radical (unpaired) electrons. The number of nitrogens with zero attached hydrogens (tertiary/aromatic N) is 1. The number of hydrogen-bond acceptors (Lipinski definition) is 2. The first-order valence-electron chi connectivity index (χ1n) is 2.95. The van der Waals surface area contributed by atoms with Crippen molar-refractivity contribution in [1.29, 1.82) is 0 Å². The van der Waals surface area contributed by atoms with E-state index in [1.165, 1.54) is 0 Å². The minimum atomic E-state index is -1.96. The molecule has 0 aliphatic carbocycles. The van der Waals surface area contributed by atoms with Gasteiger partial charge in [-0.05, 0) is 0 Å². The molecule has 0 aliphatic rings. The standard InChI is InChI=1S/C6H5.Hg.NO2/c1-2-4-6-5-3-1;;2-1-3/h1-5H;;. The Morgan fingerprint density at radius 1 is 1.30 bits per heavy atom. The molecule has 1 aromatic rings. The van der Waals surface area contributed by atoms with Crippen LogP contribution in [-0.2, 0) is 24.9 Å². The van der Waals surface area contributed by atoms with Gasteiger partial charge in [-0.25, -0.2) is 0 Å². The summed E-state index contributed by atoms with van der Waals surface area (Å²) in [6, 6.07) is 9.24. The zero-order valence-electron chi connectivity index (χ0n) is 5.36. The van der Waals surface area contributed by atoms with E-state index in [0.29, 0.717) is 0 Å². The third-order valence-corrected chi connectivity index (χ3v) is 5.41. The molecule has 0 fully saturated rings. The maximum atomic E-state index is 10.1. The van der Waals surface area contributed by atoms with Gasteiger partial charge in [-0.2, -0.15) is 0 Å². The SMILES string of the molecule is O=[N+]([O-])[Hg][c]1ccccc1. The van der Waals surface area contributed by atoms with Crippen molar-refractivity contribution in [2.75, 3.05) is 0 Å². The van der Waals surface area contributed by atoms with Crippen LogP contribution in [0.4, 0.5) is 0 Å². The van der Waals surface area contributed by atoms with Gasteiger partial charge in [0.05, 0.1) is 0 Å². The molecule has 10 heavy (non-hydrogen) atoms. The van der Waals surface area contributed by atoms with Crippen LogP contribution in [0.5, 0.6) is 0 Å². The van der Waals surface area contributed by atoms with Gasteiger partial charge in [0, 0.05) is 0 Å². The molecule has 0 saturated heterocycles. The normalized spacial score (nSPS) is 8.40. The summed E-state index contributed by atoms with van der Waals surface area (Å²) in [5.74, 6) is 0. The van der Waals surface area contributed by atoms with Crippen LogP contribution < -0.4 is 3.07 Å². The monoisotopic (exact) mass is 325 g/mol. The second kappa shape index (κ2) is 3.66. The van der Waals surface area contributed by atoms with Crippen molar-refractivity contribution in [2.24, 2.45) is 0 Å². The van der Waals surface area contributed by atoms with Gasteiger partial charge in [0.2, 0.25) is 0 Å². The Hall–Kier alpha value is -0.445. The van der Waals surface area contributed by atoms with E-state index in [9.17, 15) is 10.1 Å². The van der Waals surface area contributed by atoms with Crippen molar-refractivity contribution in [1.82, 2.24) is 0 Å². The first-order chi connectivity index (χ1) is 4.79. The van der Waals surface area contributed by atoms with Gasteiger partial charge in [-0.15, -0.1) is 0 Å². The molecule has 0 aromatic heterocycles. The van der Waals surface area contributed by atoms with Gasteiger partial charge in [0.15, 0.2) is 0 Å². The van der Waals surface area contributed by atoms with E-state index in [1.54, 1.807) is 0 Å². The molecular formula is C6H5HgNO2. The van der Waals surface area contributed by atoms with Crippen LogP contribution in [0.3, 0.4) is 0 Å². The molecule has 0 bridgehead atoms. The topological polar surface area (TPSA) is 43.1 Å². The molecule has 4 heteroatoms. The molecule has 0 spiro atoms. The van der Waals surface area contributed by atoms with Gasteiger partial charge < -0.3 is 0 Å². The van der Waals surface area contributed by atoms with Crippen LogP contribution in [0, 0.1) is 10.1 Å². The number of rotatable bonds is 2. The Morgan fingerprint density at radius 2 is 1.90 bits per heavy atom. The summed E-state index contributed by atoms with van der Waals surface area (Å²) in [6.07, 6.45) is 0. The summed E-state index contributed by atoms with van der Waals surface area (Å²) < 4.78 is 0.850. The molecule has 1 aromatic carbocycles. The molecule has 0 N–H and O–H groups in total. The number of nitro groups is 1. The summed E-state index contributed by atoms with van der Waals surface area (Å²) in [5, 5.41) is 10.1. The molecule has 3 nitrogen and oxygen atoms in total. The fourth-order valence-corrected chi connectivity index (χ4v) is 3.77. The predicted molar refractivity (Wildman–Crippen MR) is 33.1 cm³/mol. The van der Waals surface area contributed by atoms with Crippen LogP contribution in [0.15, 0.2) is 30.3 Å². The van der Waals surface area contributed by atoms with Crippen LogP contribution in [0.2, 0.25) is 0 Å². The number of benzene rings is 1. The predicted octanol–water partition coefficient (Wildman–Crippen LogP) is 0.586. The van der Waals surface area contributed by atoms with Gasteiger partial charge in [-0.1, -0.05) is 0 Å². The molecule has 0 heterocycles. The molecular weight excluding hydrogens is 319 g/mol. The van der Waals surface area contributed by atoms with Crippen molar-refractivity contribution >= 4 is 3.07 Å². The van der Waals surface area contributed by atoms with E-state index >= 15 is 0 Å².